The lowest BCUT2D eigenvalue weighted by Gasteiger charge is -2.42. The van der Waals surface area contributed by atoms with Gasteiger partial charge in [0.1, 0.15) is 11.3 Å². The first kappa shape index (κ1) is 19.6. The Balaban J connectivity index is 1.77. The Labute approximate surface area is 166 Å². The highest BCUT2D eigenvalue weighted by Crippen LogP contribution is 2.39. The van der Waals surface area contributed by atoms with Gasteiger partial charge in [0, 0.05) is 28.3 Å². The van der Waals surface area contributed by atoms with E-state index in [0.717, 1.165) is 4.90 Å². The molecule has 0 N–H and O–H groups in total. The van der Waals surface area contributed by atoms with E-state index in [1.54, 1.807) is 31.2 Å². The third-order valence-corrected chi connectivity index (χ3v) is 5.48. The highest BCUT2D eigenvalue weighted by molar-refractivity contribution is 7.99. The second kappa shape index (κ2) is 7.09. The molecule has 1 saturated heterocycles. The van der Waals surface area contributed by atoms with E-state index in [1.165, 1.54) is 17.8 Å². The minimum Gasteiger partial charge on any atom is -0.450 e. The molecule has 0 atom stereocenters. The van der Waals surface area contributed by atoms with Crippen LogP contribution in [0, 0.1) is 5.41 Å². The Hall–Kier alpha value is -2.18. The number of furan rings is 1. The van der Waals surface area contributed by atoms with E-state index in [9.17, 15) is 9.59 Å². The van der Waals surface area contributed by atoms with E-state index in [2.05, 4.69) is 0 Å². The summed E-state index contributed by atoms with van der Waals surface area (Å²) in [4.78, 5) is 25.7. The zero-order valence-corrected chi connectivity index (χ0v) is 16.9. The molecule has 1 aliphatic heterocycles. The van der Waals surface area contributed by atoms with Gasteiger partial charge in [-0.15, -0.1) is 0 Å². The lowest BCUT2D eigenvalue weighted by atomic mass is 9.86. The van der Waals surface area contributed by atoms with E-state index < -0.39 is 23.1 Å². The van der Waals surface area contributed by atoms with Crippen LogP contribution in [0.4, 0.5) is 0 Å². The molecular weight excluding hydrogens is 388 g/mol. The molecule has 1 aromatic heterocycles. The van der Waals surface area contributed by atoms with E-state index in [-0.39, 0.29) is 5.57 Å². The van der Waals surface area contributed by atoms with Crippen LogP contribution < -0.4 is 0 Å². The Morgan fingerprint density at radius 3 is 2.15 bits per heavy atom. The summed E-state index contributed by atoms with van der Waals surface area (Å²) in [7, 11) is 0. The van der Waals surface area contributed by atoms with Gasteiger partial charge in [-0.25, -0.2) is 9.59 Å². The van der Waals surface area contributed by atoms with Gasteiger partial charge in [-0.3, -0.25) is 0 Å². The molecule has 7 heteroatoms. The summed E-state index contributed by atoms with van der Waals surface area (Å²) in [6.07, 6.45) is 1.33. The average molecular weight is 407 g/mol. The number of hydrogen-bond acceptors (Lipinski definition) is 6. The molecule has 0 bridgehead atoms. The highest BCUT2D eigenvalue weighted by Gasteiger charge is 2.50. The average Bonchev–Trinajstić information content (AvgIpc) is 2.99. The van der Waals surface area contributed by atoms with Crippen LogP contribution in [-0.2, 0) is 19.1 Å². The first-order valence-corrected chi connectivity index (χ1v) is 9.48. The van der Waals surface area contributed by atoms with Gasteiger partial charge in [-0.2, -0.15) is 0 Å². The Kier molecular flexibility index (Phi) is 5.14. The molecule has 1 fully saturated rings. The molecule has 2 heterocycles. The zero-order chi connectivity index (χ0) is 19.8. The summed E-state index contributed by atoms with van der Waals surface area (Å²) in [5.74, 6) is -2.43. The predicted octanol–water partition coefficient (Wildman–Crippen LogP) is 5.33. The van der Waals surface area contributed by atoms with Gasteiger partial charge in [-0.05, 0) is 36.4 Å². The Morgan fingerprint density at radius 2 is 1.59 bits per heavy atom. The van der Waals surface area contributed by atoms with Crippen LogP contribution in [-0.4, -0.2) is 17.7 Å². The van der Waals surface area contributed by atoms with Crippen molar-refractivity contribution in [2.75, 3.05) is 0 Å². The van der Waals surface area contributed by atoms with Crippen LogP contribution in [0.15, 0.2) is 56.4 Å². The molecule has 2 aromatic rings. The van der Waals surface area contributed by atoms with Crippen molar-refractivity contribution in [2.45, 2.75) is 43.5 Å². The number of benzene rings is 1. The topological polar surface area (TPSA) is 65.7 Å². The van der Waals surface area contributed by atoms with Crippen LogP contribution in [0.5, 0.6) is 0 Å². The Morgan fingerprint density at radius 1 is 1.00 bits per heavy atom. The second-order valence-corrected chi connectivity index (χ2v) is 8.76. The van der Waals surface area contributed by atoms with Gasteiger partial charge in [0.15, 0.2) is 5.09 Å². The largest absolute Gasteiger partial charge is 0.450 e. The fourth-order valence-electron chi connectivity index (χ4n) is 2.22. The summed E-state index contributed by atoms with van der Waals surface area (Å²) in [5.41, 5.74) is -0.759. The molecule has 0 radical (unpaired) electrons. The van der Waals surface area contributed by atoms with Gasteiger partial charge in [0.05, 0.1) is 0 Å². The molecule has 0 saturated carbocycles. The van der Waals surface area contributed by atoms with Gasteiger partial charge in [0.25, 0.3) is 5.79 Å². The number of carbonyl (C=O) groups excluding carboxylic acids is 2. The van der Waals surface area contributed by atoms with Crippen molar-refractivity contribution in [1.29, 1.82) is 0 Å². The maximum absolute atomic E-state index is 12.4. The fraction of sp³-hybridized carbons (Fsp3) is 0.300. The van der Waals surface area contributed by atoms with Crippen LogP contribution >= 0.6 is 23.4 Å². The lowest BCUT2D eigenvalue weighted by molar-refractivity contribution is -0.261. The fourth-order valence-corrected chi connectivity index (χ4v) is 3.12. The molecule has 5 nitrogen and oxygen atoms in total. The van der Waals surface area contributed by atoms with Crippen LogP contribution in [0.1, 0.15) is 33.5 Å². The van der Waals surface area contributed by atoms with Gasteiger partial charge in [0.2, 0.25) is 0 Å². The quantitative estimate of drug-likeness (QED) is 0.390. The standard InChI is InChI=1S/C20H19ClO5S/c1-19(2,3)20(4)25-17(22)15(18(23)26-20)11-13-7-10-16(24-13)27-14-8-5-12(21)6-9-14/h5-11H,1-4H3. The summed E-state index contributed by atoms with van der Waals surface area (Å²) < 4.78 is 16.5. The first-order valence-electron chi connectivity index (χ1n) is 8.29. The van der Waals surface area contributed by atoms with E-state index in [0.29, 0.717) is 15.9 Å². The lowest BCUT2D eigenvalue weighted by Crippen LogP contribution is -2.52. The van der Waals surface area contributed by atoms with Gasteiger partial charge >= 0.3 is 11.9 Å². The molecule has 1 aliphatic rings. The van der Waals surface area contributed by atoms with E-state index >= 15 is 0 Å². The maximum atomic E-state index is 12.4. The number of halogens is 1. The first-order chi connectivity index (χ1) is 12.6. The van der Waals surface area contributed by atoms with Gasteiger partial charge < -0.3 is 13.9 Å². The van der Waals surface area contributed by atoms with Crippen molar-refractivity contribution in [3.05, 3.63) is 52.8 Å². The maximum Gasteiger partial charge on any atom is 0.349 e. The zero-order valence-electron chi connectivity index (χ0n) is 15.4. The predicted molar refractivity (Wildman–Crippen MR) is 102 cm³/mol. The summed E-state index contributed by atoms with van der Waals surface area (Å²) in [6.45, 7) is 7.06. The van der Waals surface area contributed by atoms with E-state index in [1.807, 2.05) is 32.9 Å². The molecule has 0 unspecified atom stereocenters. The molecule has 0 amide bonds. The van der Waals surface area contributed by atoms with Crippen molar-refractivity contribution in [3.8, 4) is 0 Å². The van der Waals surface area contributed by atoms with Crippen LogP contribution in [0.3, 0.4) is 0 Å². The molecule has 27 heavy (non-hydrogen) atoms. The Bertz CT molecular complexity index is 885. The number of cyclic esters (lactones) is 2. The number of ether oxygens (including phenoxy) is 2. The van der Waals surface area contributed by atoms with Crippen molar-refractivity contribution in [2.24, 2.45) is 5.41 Å². The van der Waals surface area contributed by atoms with Crippen molar-refractivity contribution < 1.29 is 23.5 Å². The number of hydrogen-bond donors (Lipinski definition) is 0. The third kappa shape index (κ3) is 4.22. The molecule has 3 rings (SSSR count). The van der Waals surface area contributed by atoms with Crippen LogP contribution in [0.2, 0.25) is 5.02 Å². The highest BCUT2D eigenvalue weighted by atomic mass is 35.5. The van der Waals surface area contributed by atoms with Crippen molar-refractivity contribution in [1.82, 2.24) is 0 Å². The van der Waals surface area contributed by atoms with Gasteiger partial charge in [-0.1, -0.05) is 44.1 Å². The number of carbonyl (C=O) groups is 2. The molecule has 142 valence electrons. The number of rotatable bonds is 3. The number of esters is 2. The minimum absolute atomic E-state index is 0.200. The third-order valence-electron chi connectivity index (χ3n) is 4.30. The minimum atomic E-state index is -1.32. The van der Waals surface area contributed by atoms with Crippen molar-refractivity contribution in [3.63, 3.8) is 0 Å². The smallest absolute Gasteiger partial charge is 0.349 e. The normalized spacial score (nSPS) is 20.3. The SMILES string of the molecule is CC(C)(C)C1(C)OC(=O)C(=Cc2ccc(Sc3ccc(Cl)cc3)o2)C(=O)O1. The van der Waals surface area contributed by atoms with E-state index in [4.69, 9.17) is 25.5 Å². The molecule has 0 aliphatic carbocycles. The molecular formula is C20H19ClO5S. The van der Waals surface area contributed by atoms with Crippen LogP contribution in [0.25, 0.3) is 6.08 Å². The molecule has 1 aromatic carbocycles. The monoisotopic (exact) mass is 406 g/mol. The second-order valence-electron chi connectivity index (χ2n) is 7.25. The van der Waals surface area contributed by atoms with Crippen molar-refractivity contribution >= 4 is 41.4 Å². The summed E-state index contributed by atoms with van der Waals surface area (Å²) in [6, 6.07) is 10.7. The molecule has 0 spiro atoms. The summed E-state index contributed by atoms with van der Waals surface area (Å²) >= 11 is 7.27. The summed E-state index contributed by atoms with van der Waals surface area (Å²) in [5, 5.41) is 1.27.